The molecule has 1 N–H and O–H groups in total. The Hall–Kier alpha value is -3.21. The standard InChI is InChI=1S/C13H11N5O3/c1-2-15-12-6-13(17-8-16-12)21-11-4-3-9(7-14)5-10(11)18(19)20/h3-6,8H,2H2,1H3,(H,15,16,17). The third kappa shape index (κ3) is 3.42. The number of nitrogens with zero attached hydrogens (tertiary/aromatic N) is 4. The zero-order valence-electron chi connectivity index (χ0n) is 11.1. The summed E-state index contributed by atoms with van der Waals surface area (Å²) in [5.74, 6) is 0.743. The van der Waals surface area contributed by atoms with Gasteiger partial charge in [0, 0.05) is 18.7 Å². The number of nitrogens with one attached hydrogen (secondary N) is 1. The molecule has 1 aromatic carbocycles. The molecule has 0 aliphatic rings. The predicted octanol–water partition coefficient (Wildman–Crippen LogP) is 2.48. The summed E-state index contributed by atoms with van der Waals surface area (Å²) < 4.78 is 5.42. The van der Waals surface area contributed by atoms with Gasteiger partial charge >= 0.3 is 5.69 Å². The summed E-state index contributed by atoms with van der Waals surface area (Å²) in [6.45, 7) is 2.58. The van der Waals surface area contributed by atoms with Crippen molar-refractivity contribution in [2.24, 2.45) is 0 Å². The van der Waals surface area contributed by atoms with Crippen LogP contribution < -0.4 is 10.1 Å². The molecule has 8 nitrogen and oxygen atoms in total. The molecule has 2 rings (SSSR count). The Morgan fingerprint density at radius 1 is 1.43 bits per heavy atom. The highest BCUT2D eigenvalue weighted by Crippen LogP contribution is 2.31. The highest BCUT2D eigenvalue weighted by atomic mass is 16.6. The smallest absolute Gasteiger partial charge is 0.312 e. The van der Waals surface area contributed by atoms with Gasteiger partial charge < -0.3 is 10.1 Å². The fourth-order valence-corrected chi connectivity index (χ4v) is 1.60. The number of nitro benzene ring substituents is 1. The number of hydrogen-bond acceptors (Lipinski definition) is 7. The lowest BCUT2D eigenvalue weighted by atomic mass is 10.2. The van der Waals surface area contributed by atoms with Crippen LogP contribution >= 0.6 is 0 Å². The Morgan fingerprint density at radius 3 is 2.90 bits per heavy atom. The maximum Gasteiger partial charge on any atom is 0.312 e. The number of benzene rings is 1. The SMILES string of the molecule is CCNc1cc(Oc2ccc(C#N)cc2[N+](=O)[O-])ncn1. The Bertz CT molecular complexity index is 711. The highest BCUT2D eigenvalue weighted by molar-refractivity contribution is 5.53. The van der Waals surface area contributed by atoms with Crippen molar-refractivity contribution < 1.29 is 9.66 Å². The summed E-state index contributed by atoms with van der Waals surface area (Å²) >= 11 is 0. The first-order valence-corrected chi connectivity index (χ1v) is 6.06. The summed E-state index contributed by atoms with van der Waals surface area (Å²) in [4.78, 5) is 18.3. The van der Waals surface area contributed by atoms with Crippen LogP contribution in [0.4, 0.5) is 11.5 Å². The van der Waals surface area contributed by atoms with E-state index in [4.69, 9.17) is 10.00 Å². The van der Waals surface area contributed by atoms with Gasteiger partial charge in [-0.05, 0) is 19.1 Å². The van der Waals surface area contributed by atoms with Crippen LogP contribution in [0.1, 0.15) is 12.5 Å². The molecule has 106 valence electrons. The molecule has 0 saturated carbocycles. The number of ether oxygens (including phenoxy) is 1. The van der Waals surface area contributed by atoms with Crippen molar-refractivity contribution in [3.05, 3.63) is 46.3 Å². The second kappa shape index (κ2) is 6.29. The first-order chi connectivity index (χ1) is 10.1. The van der Waals surface area contributed by atoms with Crippen LogP contribution in [-0.2, 0) is 0 Å². The van der Waals surface area contributed by atoms with Crippen molar-refractivity contribution in [1.82, 2.24) is 9.97 Å². The molecule has 0 bridgehead atoms. The van der Waals surface area contributed by atoms with Crippen molar-refractivity contribution in [1.29, 1.82) is 5.26 Å². The average Bonchev–Trinajstić information content (AvgIpc) is 2.48. The molecule has 0 atom stereocenters. The Labute approximate surface area is 120 Å². The van der Waals surface area contributed by atoms with E-state index in [-0.39, 0.29) is 22.9 Å². The molecule has 0 unspecified atom stereocenters. The number of aromatic nitrogens is 2. The van der Waals surface area contributed by atoms with Gasteiger partial charge in [0.25, 0.3) is 0 Å². The van der Waals surface area contributed by atoms with Crippen LogP contribution in [0.2, 0.25) is 0 Å². The van der Waals surface area contributed by atoms with E-state index in [2.05, 4.69) is 15.3 Å². The topological polar surface area (TPSA) is 114 Å². The zero-order chi connectivity index (χ0) is 15.2. The molecule has 0 radical (unpaired) electrons. The quantitative estimate of drug-likeness (QED) is 0.662. The lowest BCUT2D eigenvalue weighted by molar-refractivity contribution is -0.385. The molecule has 0 spiro atoms. The van der Waals surface area contributed by atoms with Gasteiger partial charge in [-0.3, -0.25) is 10.1 Å². The molecule has 0 aliphatic carbocycles. The van der Waals surface area contributed by atoms with Crippen LogP contribution in [0, 0.1) is 21.4 Å². The maximum absolute atomic E-state index is 11.0. The van der Waals surface area contributed by atoms with E-state index in [0.29, 0.717) is 12.4 Å². The van der Waals surface area contributed by atoms with Crippen molar-refractivity contribution >= 4 is 11.5 Å². The van der Waals surface area contributed by atoms with Gasteiger partial charge in [-0.1, -0.05) is 0 Å². The number of nitro groups is 1. The monoisotopic (exact) mass is 285 g/mol. The van der Waals surface area contributed by atoms with E-state index in [0.717, 1.165) is 6.07 Å². The van der Waals surface area contributed by atoms with E-state index >= 15 is 0 Å². The van der Waals surface area contributed by atoms with E-state index < -0.39 is 4.92 Å². The summed E-state index contributed by atoms with van der Waals surface area (Å²) in [5, 5.41) is 22.8. The van der Waals surface area contributed by atoms with Crippen LogP contribution in [-0.4, -0.2) is 21.4 Å². The molecule has 21 heavy (non-hydrogen) atoms. The Balaban J connectivity index is 2.33. The third-order valence-electron chi connectivity index (χ3n) is 2.50. The number of hydrogen-bond donors (Lipinski definition) is 1. The molecular formula is C13H11N5O3. The largest absolute Gasteiger partial charge is 0.432 e. The van der Waals surface area contributed by atoms with Crippen molar-refractivity contribution in [2.45, 2.75) is 6.92 Å². The highest BCUT2D eigenvalue weighted by Gasteiger charge is 2.17. The van der Waals surface area contributed by atoms with E-state index in [1.165, 1.54) is 24.5 Å². The van der Waals surface area contributed by atoms with Crippen LogP contribution in [0.25, 0.3) is 0 Å². The number of anilines is 1. The number of nitriles is 1. The lowest BCUT2D eigenvalue weighted by Gasteiger charge is -2.07. The van der Waals surface area contributed by atoms with Crippen molar-refractivity contribution in [2.75, 3.05) is 11.9 Å². The average molecular weight is 285 g/mol. The van der Waals surface area contributed by atoms with E-state index in [1.54, 1.807) is 0 Å². The lowest BCUT2D eigenvalue weighted by Crippen LogP contribution is -2.01. The van der Waals surface area contributed by atoms with Gasteiger partial charge in [0.05, 0.1) is 16.6 Å². The normalized spacial score (nSPS) is 9.71. The predicted molar refractivity (Wildman–Crippen MR) is 74.1 cm³/mol. The van der Waals surface area contributed by atoms with Gasteiger partial charge in [-0.25, -0.2) is 9.97 Å². The molecule has 1 heterocycles. The van der Waals surface area contributed by atoms with Crippen LogP contribution in [0.3, 0.4) is 0 Å². The van der Waals surface area contributed by atoms with Gasteiger partial charge in [0.1, 0.15) is 12.1 Å². The molecule has 8 heteroatoms. The Morgan fingerprint density at radius 2 is 2.24 bits per heavy atom. The van der Waals surface area contributed by atoms with Crippen LogP contribution in [0.5, 0.6) is 11.6 Å². The minimum Gasteiger partial charge on any atom is -0.432 e. The Kier molecular flexibility index (Phi) is 4.26. The molecule has 0 amide bonds. The fourth-order valence-electron chi connectivity index (χ4n) is 1.60. The number of rotatable bonds is 5. The molecule has 0 fully saturated rings. The van der Waals surface area contributed by atoms with E-state index in [1.807, 2.05) is 13.0 Å². The summed E-state index contributed by atoms with van der Waals surface area (Å²) in [6.07, 6.45) is 1.29. The van der Waals surface area contributed by atoms with Gasteiger partial charge in [-0.2, -0.15) is 5.26 Å². The molecular weight excluding hydrogens is 274 g/mol. The summed E-state index contributed by atoms with van der Waals surface area (Å²) in [6, 6.07) is 7.34. The molecule has 2 aromatic rings. The first kappa shape index (κ1) is 14.2. The van der Waals surface area contributed by atoms with Crippen molar-refractivity contribution in [3.8, 4) is 17.7 Å². The van der Waals surface area contributed by atoms with E-state index in [9.17, 15) is 10.1 Å². The molecule has 1 aromatic heterocycles. The second-order valence-corrected chi connectivity index (χ2v) is 3.93. The third-order valence-corrected chi connectivity index (χ3v) is 2.50. The second-order valence-electron chi connectivity index (χ2n) is 3.93. The van der Waals surface area contributed by atoms with Gasteiger partial charge in [-0.15, -0.1) is 0 Å². The fraction of sp³-hybridized carbons (Fsp3) is 0.154. The van der Waals surface area contributed by atoms with Crippen molar-refractivity contribution in [3.63, 3.8) is 0 Å². The minimum absolute atomic E-state index is 0.0140. The minimum atomic E-state index is -0.609. The van der Waals surface area contributed by atoms with Gasteiger partial charge in [0.2, 0.25) is 11.6 Å². The maximum atomic E-state index is 11.0. The van der Waals surface area contributed by atoms with Gasteiger partial charge in [0.15, 0.2) is 0 Å². The first-order valence-electron chi connectivity index (χ1n) is 6.06. The zero-order valence-corrected chi connectivity index (χ0v) is 11.1. The van der Waals surface area contributed by atoms with Crippen LogP contribution in [0.15, 0.2) is 30.6 Å². The molecule has 0 saturated heterocycles. The molecule has 0 aliphatic heterocycles. The summed E-state index contributed by atoms with van der Waals surface area (Å²) in [5.41, 5.74) is -0.109. The summed E-state index contributed by atoms with van der Waals surface area (Å²) in [7, 11) is 0.